The van der Waals surface area contributed by atoms with Crippen molar-refractivity contribution in [2.24, 2.45) is 0 Å². The zero-order chi connectivity index (χ0) is 11.4. The number of ether oxygens (including phenoxy) is 1. The lowest BCUT2D eigenvalue weighted by Crippen LogP contribution is -2.03. The van der Waals surface area contributed by atoms with Gasteiger partial charge < -0.3 is 4.74 Å². The molecule has 0 fully saturated rings. The Hall–Kier alpha value is -0.670. The molecule has 15 heavy (non-hydrogen) atoms. The highest BCUT2D eigenvalue weighted by Crippen LogP contribution is 2.35. The van der Waals surface area contributed by atoms with Crippen LogP contribution in [0, 0.1) is 11.3 Å². The molecular weight excluding hydrogens is 336 g/mol. The lowest BCUT2D eigenvalue weighted by Gasteiger charge is -2.09. The van der Waals surface area contributed by atoms with Crippen LogP contribution in [0.2, 0.25) is 0 Å². The van der Waals surface area contributed by atoms with Crippen LogP contribution in [0.3, 0.4) is 0 Å². The first-order valence-corrected chi connectivity index (χ1v) is 5.43. The zero-order valence-corrected chi connectivity index (χ0v) is 10.5. The zero-order valence-electron chi connectivity index (χ0n) is 7.31. The molecule has 0 amide bonds. The average molecular weight is 341 g/mol. The van der Waals surface area contributed by atoms with Crippen LogP contribution in [0.25, 0.3) is 0 Å². The first-order chi connectivity index (χ1) is 7.04. The van der Waals surface area contributed by atoms with Gasteiger partial charge in [0.25, 0.3) is 0 Å². The molecule has 0 radical (unpaired) electrons. The van der Waals surface area contributed by atoms with Gasteiger partial charge in [0.2, 0.25) is 0 Å². The molecule has 0 heterocycles. The van der Waals surface area contributed by atoms with Crippen molar-refractivity contribution in [2.75, 3.05) is 0 Å². The van der Waals surface area contributed by atoms with Crippen molar-refractivity contribution in [1.29, 1.82) is 5.26 Å². The summed E-state index contributed by atoms with van der Waals surface area (Å²) in [5.41, 5.74) is 0.614. The lowest BCUT2D eigenvalue weighted by molar-refractivity contribution is -0.0504. The Bertz CT molecular complexity index is 404. The van der Waals surface area contributed by atoms with Crippen molar-refractivity contribution in [3.8, 4) is 11.8 Å². The predicted molar refractivity (Wildman–Crippen MR) is 57.8 cm³/mol. The number of nitrogens with zero attached hydrogens (tertiary/aromatic N) is 1. The Kier molecular flexibility index (Phi) is 4.48. The minimum atomic E-state index is -2.88. The van der Waals surface area contributed by atoms with E-state index in [9.17, 15) is 8.78 Å². The quantitative estimate of drug-likeness (QED) is 0.836. The predicted octanol–water partition coefficient (Wildman–Crippen LogP) is 3.88. The molecule has 0 spiro atoms. The molecule has 0 aromatic heterocycles. The van der Waals surface area contributed by atoms with Crippen molar-refractivity contribution in [3.63, 3.8) is 0 Å². The van der Waals surface area contributed by atoms with Gasteiger partial charge in [-0.1, -0.05) is 0 Å². The minimum Gasteiger partial charge on any atom is -0.434 e. The molecule has 80 valence electrons. The van der Waals surface area contributed by atoms with E-state index in [1.165, 1.54) is 6.07 Å². The van der Waals surface area contributed by atoms with E-state index in [1.54, 1.807) is 6.07 Å². The summed E-state index contributed by atoms with van der Waals surface area (Å²) in [5.74, 6) is 0.0182. The Morgan fingerprint density at radius 2 is 2.07 bits per heavy atom. The van der Waals surface area contributed by atoms with Gasteiger partial charge in [0.1, 0.15) is 5.75 Å². The van der Waals surface area contributed by atoms with Gasteiger partial charge in [-0.2, -0.15) is 14.0 Å². The van der Waals surface area contributed by atoms with Crippen molar-refractivity contribution in [3.05, 3.63) is 26.6 Å². The fourth-order valence-electron chi connectivity index (χ4n) is 0.992. The number of benzene rings is 1. The van der Waals surface area contributed by atoms with E-state index in [4.69, 9.17) is 5.26 Å². The third kappa shape index (κ3) is 3.43. The van der Waals surface area contributed by atoms with Crippen LogP contribution in [-0.4, -0.2) is 6.61 Å². The van der Waals surface area contributed by atoms with E-state index < -0.39 is 6.61 Å². The second kappa shape index (κ2) is 5.42. The van der Waals surface area contributed by atoms with Crippen molar-refractivity contribution < 1.29 is 13.5 Å². The van der Waals surface area contributed by atoms with E-state index in [-0.39, 0.29) is 12.2 Å². The second-order valence-corrected chi connectivity index (χ2v) is 4.25. The molecule has 0 N–H and O–H groups in total. The maximum absolute atomic E-state index is 12.0. The van der Waals surface area contributed by atoms with Gasteiger partial charge in [0, 0.05) is 4.47 Å². The van der Waals surface area contributed by atoms with Gasteiger partial charge in [0.05, 0.1) is 17.0 Å². The van der Waals surface area contributed by atoms with E-state index in [0.29, 0.717) is 14.5 Å². The summed E-state index contributed by atoms with van der Waals surface area (Å²) in [4.78, 5) is 0. The monoisotopic (exact) mass is 339 g/mol. The summed E-state index contributed by atoms with van der Waals surface area (Å²) in [7, 11) is 0. The third-order valence-electron chi connectivity index (χ3n) is 1.55. The van der Waals surface area contributed by atoms with Crippen LogP contribution in [0.1, 0.15) is 5.56 Å². The maximum Gasteiger partial charge on any atom is 0.387 e. The lowest BCUT2D eigenvalue weighted by atomic mass is 10.1. The van der Waals surface area contributed by atoms with E-state index >= 15 is 0 Å². The van der Waals surface area contributed by atoms with E-state index in [1.807, 2.05) is 6.07 Å². The summed E-state index contributed by atoms with van der Waals surface area (Å²) in [6.45, 7) is -2.88. The van der Waals surface area contributed by atoms with Crippen LogP contribution in [0.15, 0.2) is 21.1 Å². The molecule has 0 aliphatic heterocycles. The van der Waals surface area contributed by atoms with E-state index in [2.05, 4.69) is 36.6 Å². The van der Waals surface area contributed by atoms with Crippen molar-refractivity contribution in [1.82, 2.24) is 0 Å². The van der Waals surface area contributed by atoms with Gasteiger partial charge >= 0.3 is 6.61 Å². The van der Waals surface area contributed by atoms with Gasteiger partial charge in [-0.25, -0.2) is 0 Å². The minimum absolute atomic E-state index is 0.0182. The van der Waals surface area contributed by atoms with E-state index in [0.717, 1.165) is 0 Å². The van der Waals surface area contributed by atoms with Crippen LogP contribution in [0.4, 0.5) is 8.78 Å². The number of alkyl halides is 2. The summed E-state index contributed by atoms with van der Waals surface area (Å²) >= 11 is 6.28. The molecule has 0 atom stereocenters. The highest BCUT2D eigenvalue weighted by molar-refractivity contribution is 9.13. The number of halogens is 4. The fourth-order valence-corrected chi connectivity index (χ4v) is 1.80. The molecule has 2 nitrogen and oxygen atoms in total. The summed E-state index contributed by atoms with van der Waals surface area (Å²) < 4.78 is 29.3. The number of rotatable bonds is 3. The highest BCUT2D eigenvalue weighted by atomic mass is 79.9. The van der Waals surface area contributed by atoms with Gasteiger partial charge in [-0.3, -0.25) is 0 Å². The molecule has 1 rings (SSSR count). The molecule has 0 saturated heterocycles. The first kappa shape index (κ1) is 12.4. The number of hydrogen-bond acceptors (Lipinski definition) is 2. The molecule has 0 saturated carbocycles. The summed E-state index contributed by atoms with van der Waals surface area (Å²) in [5, 5.41) is 8.49. The molecule has 0 bridgehead atoms. The normalized spacial score (nSPS) is 10.1. The molecule has 0 aliphatic rings. The topological polar surface area (TPSA) is 33.0 Å². The fraction of sp³-hybridized carbons (Fsp3) is 0.222. The molecule has 6 heteroatoms. The molecule has 0 unspecified atom stereocenters. The Morgan fingerprint density at radius 1 is 1.40 bits per heavy atom. The smallest absolute Gasteiger partial charge is 0.387 e. The van der Waals surface area contributed by atoms with Crippen LogP contribution >= 0.6 is 31.9 Å². The highest BCUT2D eigenvalue weighted by Gasteiger charge is 2.12. The standard InChI is InChI=1S/C9H5Br2F2NO/c10-6-3-5(1-2-14)4-7(8(6)11)15-9(12)13/h3-4,9H,1H2. The average Bonchev–Trinajstić information content (AvgIpc) is 2.13. The SMILES string of the molecule is N#CCc1cc(Br)c(Br)c(OC(F)F)c1. The molecular formula is C9H5Br2F2NO. The summed E-state index contributed by atoms with van der Waals surface area (Å²) in [6, 6.07) is 5.01. The number of hydrogen-bond donors (Lipinski definition) is 0. The second-order valence-electron chi connectivity index (χ2n) is 2.60. The first-order valence-electron chi connectivity index (χ1n) is 3.84. The van der Waals surface area contributed by atoms with Gasteiger partial charge in [-0.05, 0) is 49.6 Å². The van der Waals surface area contributed by atoms with Crippen molar-refractivity contribution in [2.45, 2.75) is 13.0 Å². The van der Waals surface area contributed by atoms with Crippen LogP contribution < -0.4 is 4.74 Å². The maximum atomic E-state index is 12.0. The van der Waals surface area contributed by atoms with Gasteiger partial charge in [0.15, 0.2) is 0 Å². The molecule has 0 aliphatic carbocycles. The Balaban J connectivity index is 3.08. The van der Waals surface area contributed by atoms with Crippen LogP contribution in [-0.2, 0) is 6.42 Å². The van der Waals surface area contributed by atoms with Crippen LogP contribution in [0.5, 0.6) is 5.75 Å². The molecule has 1 aromatic carbocycles. The molecule has 1 aromatic rings. The largest absolute Gasteiger partial charge is 0.434 e. The summed E-state index contributed by atoms with van der Waals surface area (Å²) in [6.07, 6.45) is 0.144. The third-order valence-corrected chi connectivity index (χ3v) is 3.53. The van der Waals surface area contributed by atoms with Crippen molar-refractivity contribution >= 4 is 31.9 Å². The van der Waals surface area contributed by atoms with Gasteiger partial charge in [-0.15, -0.1) is 0 Å². The Labute approximate surface area is 102 Å². The Morgan fingerprint density at radius 3 is 2.60 bits per heavy atom. The number of nitriles is 1.